The predicted octanol–water partition coefficient (Wildman–Crippen LogP) is 2.34. The number of aryl methyl sites for hydroxylation is 1. The number of nitrogens with zero attached hydrogens (tertiary/aromatic N) is 2. The van der Waals surface area contributed by atoms with Crippen molar-refractivity contribution >= 4 is 11.6 Å². The molecule has 1 aromatic rings. The van der Waals surface area contributed by atoms with Gasteiger partial charge in [0.15, 0.2) is 0 Å². The fraction of sp³-hybridized carbons (Fsp3) is 0.727. The third-order valence-electron chi connectivity index (χ3n) is 2.48. The summed E-state index contributed by atoms with van der Waals surface area (Å²) in [5.41, 5.74) is 1.16. The minimum atomic E-state index is 0.587. The minimum absolute atomic E-state index is 0.587. The van der Waals surface area contributed by atoms with Gasteiger partial charge in [-0.25, -0.2) is 0 Å². The van der Waals surface area contributed by atoms with E-state index in [0.717, 1.165) is 36.8 Å². The molecule has 0 saturated carbocycles. The molecule has 0 aliphatic carbocycles. The monoisotopic (exact) mass is 229 g/mol. The van der Waals surface area contributed by atoms with Crippen LogP contribution in [0.3, 0.4) is 0 Å². The first kappa shape index (κ1) is 12.5. The molecule has 0 fully saturated rings. The molecule has 1 heterocycles. The van der Waals surface area contributed by atoms with Gasteiger partial charge in [-0.2, -0.15) is 5.10 Å². The molecule has 4 heteroatoms. The van der Waals surface area contributed by atoms with Crippen molar-refractivity contribution in [2.45, 2.75) is 33.7 Å². The Morgan fingerprint density at radius 3 is 2.87 bits per heavy atom. The number of halogens is 1. The van der Waals surface area contributed by atoms with Gasteiger partial charge < -0.3 is 5.32 Å². The lowest BCUT2D eigenvalue weighted by molar-refractivity contribution is 0.495. The normalized spacial score (nSPS) is 13.1. The lowest BCUT2D eigenvalue weighted by Crippen LogP contribution is -2.22. The topological polar surface area (TPSA) is 29.9 Å². The average molecular weight is 230 g/mol. The van der Waals surface area contributed by atoms with E-state index in [1.807, 2.05) is 4.68 Å². The van der Waals surface area contributed by atoms with Gasteiger partial charge in [-0.3, -0.25) is 4.68 Å². The fourth-order valence-electron chi connectivity index (χ4n) is 1.66. The summed E-state index contributed by atoms with van der Waals surface area (Å²) in [5, 5.41) is 8.37. The first-order chi connectivity index (χ1) is 7.19. The Morgan fingerprint density at radius 2 is 2.27 bits per heavy atom. The van der Waals surface area contributed by atoms with Crippen LogP contribution < -0.4 is 5.32 Å². The number of hydrogen-bond donors (Lipinski definition) is 1. The highest BCUT2D eigenvalue weighted by atomic mass is 35.5. The lowest BCUT2D eigenvalue weighted by atomic mass is 10.1. The molecule has 0 saturated heterocycles. The van der Waals surface area contributed by atoms with E-state index in [-0.39, 0.29) is 0 Å². The van der Waals surface area contributed by atoms with E-state index in [1.54, 1.807) is 6.20 Å². The Labute approximate surface area is 96.8 Å². The summed E-state index contributed by atoms with van der Waals surface area (Å²) in [6.45, 7) is 9.37. The van der Waals surface area contributed by atoms with E-state index < -0.39 is 0 Å². The number of aromatic nitrogens is 2. The Balaban J connectivity index is 2.58. The zero-order valence-electron chi connectivity index (χ0n) is 9.76. The molecule has 0 radical (unpaired) electrons. The first-order valence-corrected chi connectivity index (χ1v) is 5.97. The number of hydrogen-bond acceptors (Lipinski definition) is 2. The van der Waals surface area contributed by atoms with Crippen molar-refractivity contribution in [2.24, 2.45) is 5.92 Å². The van der Waals surface area contributed by atoms with Gasteiger partial charge in [-0.05, 0) is 32.4 Å². The van der Waals surface area contributed by atoms with Crippen LogP contribution in [0, 0.1) is 5.92 Å². The van der Waals surface area contributed by atoms with Gasteiger partial charge in [-0.15, -0.1) is 0 Å². The molecular formula is C11H20ClN3. The first-order valence-electron chi connectivity index (χ1n) is 5.59. The standard InChI is InChI=1S/C11H20ClN3/c1-4-13-7-9(3)6-11-10(12)8-14-15(11)5-2/h8-9,13H,4-7H2,1-3H3. The summed E-state index contributed by atoms with van der Waals surface area (Å²) < 4.78 is 1.98. The molecule has 3 nitrogen and oxygen atoms in total. The molecule has 1 unspecified atom stereocenters. The summed E-state index contributed by atoms with van der Waals surface area (Å²) in [5.74, 6) is 0.587. The van der Waals surface area contributed by atoms with E-state index in [4.69, 9.17) is 11.6 Å². The third kappa shape index (κ3) is 3.50. The summed E-state index contributed by atoms with van der Waals surface area (Å²) in [6.07, 6.45) is 2.72. The fourth-order valence-corrected chi connectivity index (χ4v) is 1.87. The van der Waals surface area contributed by atoms with Gasteiger partial charge in [0.1, 0.15) is 0 Å². The highest BCUT2D eigenvalue weighted by molar-refractivity contribution is 6.31. The zero-order valence-corrected chi connectivity index (χ0v) is 10.5. The van der Waals surface area contributed by atoms with Crippen LogP contribution >= 0.6 is 11.6 Å². The second kappa shape index (κ2) is 6.13. The quantitative estimate of drug-likeness (QED) is 0.812. The van der Waals surface area contributed by atoms with Crippen LogP contribution in [-0.4, -0.2) is 22.9 Å². The van der Waals surface area contributed by atoms with Crippen molar-refractivity contribution in [3.63, 3.8) is 0 Å². The van der Waals surface area contributed by atoms with E-state index >= 15 is 0 Å². The maximum absolute atomic E-state index is 6.10. The highest BCUT2D eigenvalue weighted by Crippen LogP contribution is 2.18. The van der Waals surface area contributed by atoms with Crippen LogP contribution in [0.25, 0.3) is 0 Å². The highest BCUT2D eigenvalue weighted by Gasteiger charge is 2.11. The predicted molar refractivity (Wildman–Crippen MR) is 64.3 cm³/mol. The molecule has 1 N–H and O–H groups in total. The Morgan fingerprint density at radius 1 is 1.53 bits per heavy atom. The molecule has 1 rings (SSSR count). The molecule has 1 aromatic heterocycles. The van der Waals surface area contributed by atoms with Crippen LogP contribution in [0.2, 0.25) is 5.02 Å². The molecule has 0 aliphatic heterocycles. The van der Waals surface area contributed by atoms with Gasteiger partial charge in [-0.1, -0.05) is 25.4 Å². The summed E-state index contributed by atoms with van der Waals surface area (Å²) in [4.78, 5) is 0. The van der Waals surface area contributed by atoms with Crippen molar-refractivity contribution in [1.29, 1.82) is 0 Å². The van der Waals surface area contributed by atoms with Gasteiger partial charge in [0.2, 0.25) is 0 Å². The van der Waals surface area contributed by atoms with Gasteiger partial charge in [0.05, 0.1) is 16.9 Å². The van der Waals surface area contributed by atoms with E-state index in [1.165, 1.54) is 0 Å². The van der Waals surface area contributed by atoms with Crippen molar-refractivity contribution in [3.05, 3.63) is 16.9 Å². The van der Waals surface area contributed by atoms with Gasteiger partial charge in [0, 0.05) is 6.54 Å². The van der Waals surface area contributed by atoms with Gasteiger partial charge in [0.25, 0.3) is 0 Å². The second-order valence-electron chi connectivity index (χ2n) is 3.87. The van der Waals surface area contributed by atoms with Crippen LogP contribution in [0.15, 0.2) is 6.20 Å². The maximum Gasteiger partial charge on any atom is 0.0817 e. The smallest absolute Gasteiger partial charge is 0.0817 e. The second-order valence-corrected chi connectivity index (χ2v) is 4.28. The van der Waals surface area contributed by atoms with Crippen molar-refractivity contribution in [3.8, 4) is 0 Å². The number of rotatable bonds is 6. The molecule has 0 aliphatic rings. The van der Waals surface area contributed by atoms with E-state index in [2.05, 4.69) is 31.2 Å². The van der Waals surface area contributed by atoms with E-state index in [9.17, 15) is 0 Å². The van der Waals surface area contributed by atoms with E-state index in [0.29, 0.717) is 5.92 Å². The van der Waals surface area contributed by atoms with Crippen LogP contribution in [0.4, 0.5) is 0 Å². The summed E-state index contributed by atoms with van der Waals surface area (Å²) >= 11 is 6.10. The molecule has 0 bridgehead atoms. The molecule has 0 amide bonds. The molecular weight excluding hydrogens is 210 g/mol. The summed E-state index contributed by atoms with van der Waals surface area (Å²) in [7, 11) is 0. The number of nitrogens with one attached hydrogen (secondary N) is 1. The Hall–Kier alpha value is -0.540. The molecule has 0 aromatic carbocycles. The lowest BCUT2D eigenvalue weighted by Gasteiger charge is -2.13. The molecule has 0 spiro atoms. The van der Waals surface area contributed by atoms with Crippen LogP contribution in [0.5, 0.6) is 0 Å². The molecule has 15 heavy (non-hydrogen) atoms. The van der Waals surface area contributed by atoms with Crippen LogP contribution in [-0.2, 0) is 13.0 Å². The molecule has 1 atom stereocenters. The van der Waals surface area contributed by atoms with Crippen molar-refractivity contribution in [2.75, 3.05) is 13.1 Å². The SMILES string of the molecule is CCNCC(C)Cc1c(Cl)cnn1CC. The Kier molecular flexibility index (Phi) is 5.12. The minimum Gasteiger partial charge on any atom is -0.317 e. The zero-order chi connectivity index (χ0) is 11.3. The van der Waals surface area contributed by atoms with Crippen LogP contribution in [0.1, 0.15) is 26.5 Å². The van der Waals surface area contributed by atoms with Crippen molar-refractivity contribution < 1.29 is 0 Å². The summed E-state index contributed by atoms with van der Waals surface area (Å²) in [6, 6.07) is 0. The third-order valence-corrected chi connectivity index (χ3v) is 2.80. The van der Waals surface area contributed by atoms with Gasteiger partial charge >= 0.3 is 0 Å². The Bertz CT molecular complexity index is 296. The largest absolute Gasteiger partial charge is 0.317 e. The maximum atomic E-state index is 6.10. The average Bonchev–Trinajstić information content (AvgIpc) is 2.57. The molecule has 86 valence electrons. The van der Waals surface area contributed by atoms with Crippen molar-refractivity contribution in [1.82, 2.24) is 15.1 Å².